The average Bonchev–Trinajstić information content (AvgIpc) is 3.15. The van der Waals surface area contributed by atoms with Gasteiger partial charge in [-0.25, -0.2) is 4.57 Å². The lowest BCUT2D eigenvalue weighted by Gasteiger charge is -2.21. The lowest BCUT2D eigenvalue weighted by molar-refractivity contribution is -0.673. The van der Waals surface area contributed by atoms with Crippen LogP contribution in [0.2, 0.25) is 10.0 Å². The van der Waals surface area contributed by atoms with Crippen LogP contribution in [0.1, 0.15) is 11.1 Å². The van der Waals surface area contributed by atoms with Gasteiger partial charge in [-0.05, 0) is 41.5 Å². The maximum absolute atomic E-state index is 9.77. The molecule has 0 saturated carbocycles. The van der Waals surface area contributed by atoms with Crippen LogP contribution in [-0.4, -0.2) is 6.79 Å². The van der Waals surface area contributed by atoms with Gasteiger partial charge in [0.2, 0.25) is 6.79 Å². The van der Waals surface area contributed by atoms with E-state index in [9.17, 15) is 5.26 Å². The van der Waals surface area contributed by atoms with Crippen molar-refractivity contribution in [2.45, 2.75) is 13.0 Å². The predicted molar refractivity (Wildman–Crippen MR) is 106 cm³/mol. The summed E-state index contributed by atoms with van der Waals surface area (Å²) in [5.74, 6) is 1.91. The molecular formula is C21H14Cl2N3O2+. The molecule has 0 saturated heterocycles. The minimum absolute atomic E-state index is 0.224. The quantitative estimate of drug-likeness (QED) is 0.605. The van der Waals surface area contributed by atoms with Crippen LogP contribution in [0.25, 0.3) is 22.4 Å². The molecule has 2 aliphatic heterocycles. The van der Waals surface area contributed by atoms with Gasteiger partial charge < -0.3 is 9.47 Å². The Bertz CT molecular complexity index is 1200. The molecule has 2 aliphatic rings. The van der Waals surface area contributed by atoms with Gasteiger partial charge in [-0.3, -0.25) is 5.73 Å². The first-order chi connectivity index (χ1) is 13.6. The average molecular weight is 411 g/mol. The maximum atomic E-state index is 9.77. The smallest absolute Gasteiger partial charge is 0.291 e. The molecule has 1 aromatic heterocycles. The molecule has 0 radical (unpaired) electrons. The van der Waals surface area contributed by atoms with Crippen LogP contribution >= 0.6 is 23.2 Å². The Hall–Kier alpha value is -2.94. The predicted octanol–water partition coefficient (Wildman–Crippen LogP) is 4.35. The SMILES string of the molecule is N#Cc1c(-c2ccc(Cl)c(Cl)c2)cc2[n+](c1N)CCc1cc3c(cc1-2)OCO3. The first kappa shape index (κ1) is 17.2. The van der Waals surface area contributed by atoms with Crippen molar-refractivity contribution in [2.24, 2.45) is 0 Å². The van der Waals surface area contributed by atoms with E-state index in [-0.39, 0.29) is 6.79 Å². The number of nitrogens with two attached hydrogens (primary N) is 1. The second-order valence-corrected chi connectivity index (χ2v) is 7.52. The summed E-state index contributed by atoms with van der Waals surface area (Å²) in [6, 6.07) is 13.5. The topological polar surface area (TPSA) is 72.2 Å². The van der Waals surface area contributed by atoms with Crippen molar-refractivity contribution in [1.82, 2.24) is 0 Å². The Morgan fingerprint density at radius 1 is 1.00 bits per heavy atom. The number of hydrogen-bond acceptors (Lipinski definition) is 4. The molecule has 138 valence electrons. The molecule has 2 N–H and O–H groups in total. The third-order valence-electron chi connectivity index (χ3n) is 5.21. The summed E-state index contributed by atoms with van der Waals surface area (Å²) >= 11 is 12.3. The number of nitriles is 1. The van der Waals surface area contributed by atoms with Gasteiger partial charge in [0.25, 0.3) is 5.82 Å². The molecule has 3 heterocycles. The molecule has 0 amide bonds. The molecule has 2 aromatic carbocycles. The molecule has 5 rings (SSSR count). The number of hydrogen-bond donors (Lipinski definition) is 1. The van der Waals surface area contributed by atoms with E-state index in [1.807, 2.05) is 28.8 Å². The van der Waals surface area contributed by atoms with Gasteiger partial charge in [0, 0.05) is 17.5 Å². The van der Waals surface area contributed by atoms with Gasteiger partial charge in [0.15, 0.2) is 11.5 Å². The minimum atomic E-state index is 0.224. The molecule has 0 atom stereocenters. The van der Waals surface area contributed by atoms with E-state index >= 15 is 0 Å². The molecule has 28 heavy (non-hydrogen) atoms. The molecule has 0 spiro atoms. The van der Waals surface area contributed by atoms with Crippen molar-refractivity contribution < 1.29 is 14.0 Å². The Labute approximate surface area is 171 Å². The van der Waals surface area contributed by atoms with E-state index in [1.54, 1.807) is 12.1 Å². The van der Waals surface area contributed by atoms with E-state index in [0.29, 0.717) is 33.7 Å². The molecule has 3 aromatic rings. The van der Waals surface area contributed by atoms with Crippen LogP contribution < -0.4 is 19.8 Å². The van der Waals surface area contributed by atoms with Crippen molar-refractivity contribution in [3.8, 4) is 40.0 Å². The number of fused-ring (bicyclic) bond motifs is 4. The first-order valence-corrected chi connectivity index (χ1v) is 9.47. The van der Waals surface area contributed by atoms with E-state index in [4.69, 9.17) is 38.4 Å². The molecule has 0 bridgehead atoms. The number of halogens is 2. The number of pyridine rings is 1. The number of aryl methyl sites for hydroxylation is 1. The standard InChI is InChI=1S/C21H13Cl2N3O2/c22-16-2-1-11(5-17(16)23)13-7-18-14-8-20-19(27-10-28-20)6-12(14)3-4-26(18)21(25)15(13)9-24/h1-2,5-8,25H,3-4,10H2/p+1. The van der Waals surface area contributed by atoms with Crippen LogP contribution in [0.5, 0.6) is 11.5 Å². The fourth-order valence-corrected chi connectivity index (χ4v) is 4.12. The van der Waals surface area contributed by atoms with Gasteiger partial charge >= 0.3 is 0 Å². The Morgan fingerprint density at radius 3 is 2.54 bits per heavy atom. The monoisotopic (exact) mass is 410 g/mol. The summed E-state index contributed by atoms with van der Waals surface area (Å²) in [7, 11) is 0. The number of aromatic nitrogens is 1. The van der Waals surface area contributed by atoms with Crippen molar-refractivity contribution in [3.63, 3.8) is 0 Å². The van der Waals surface area contributed by atoms with Crippen LogP contribution in [-0.2, 0) is 13.0 Å². The Morgan fingerprint density at radius 2 is 1.79 bits per heavy atom. The molecule has 0 unspecified atom stereocenters. The van der Waals surface area contributed by atoms with E-state index in [0.717, 1.165) is 40.1 Å². The zero-order valence-corrected chi connectivity index (χ0v) is 16.1. The van der Waals surface area contributed by atoms with E-state index < -0.39 is 0 Å². The fraction of sp³-hybridized carbons (Fsp3) is 0.143. The van der Waals surface area contributed by atoms with Crippen molar-refractivity contribution >= 4 is 29.0 Å². The first-order valence-electron chi connectivity index (χ1n) is 8.71. The van der Waals surface area contributed by atoms with Crippen LogP contribution in [0.3, 0.4) is 0 Å². The second kappa shape index (κ2) is 6.30. The van der Waals surface area contributed by atoms with Gasteiger partial charge in [0.05, 0.1) is 16.6 Å². The number of rotatable bonds is 1. The number of nitrogens with zero attached hydrogens (tertiary/aromatic N) is 2. The second-order valence-electron chi connectivity index (χ2n) is 6.71. The van der Waals surface area contributed by atoms with Gasteiger partial charge in [-0.2, -0.15) is 5.26 Å². The fourth-order valence-electron chi connectivity index (χ4n) is 3.82. The third kappa shape index (κ3) is 2.50. The molecule has 5 nitrogen and oxygen atoms in total. The number of anilines is 1. The molecular weight excluding hydrogens is 397 g/mol. The zero-order valence-electron chi connectivity index (χ0n) is 14.6. The summed E-state index contributed by atoms with van der Waals surface area (Å²) in [5, 5.41) is 10.7. The summed E-state index contributed by atoms with van der Waals surface area (Å²) in [6.07, 6.45) is 0.796. The van der Waals surface area contributed by atoms with E-state index in [2.05, 4.69) is 6.07 Å². The molecule has 0 aliphatic carbocycles. The number of ether oxygens (including phenoxy) is 2. The molecule has 7 heteroatoms. The largest absolute Gasteiger partial charge is 0.454 e. The molecule has 0 fully saturated rings. The highest BCUT2D eigenvalue weighted by Gasteiger charge is 2.29. The highest BCUT2D eigenvalue weighted by atomic mass is 35.5. The van der Waals surface area contributed by atoms with Crippen molar-refractivity contribution in [3.05, 3.63) is 57.6 Å². The minimum Gasteiger partial charge on any atom is -0.454 e. The van der Waals surface area contributed by atoms with Gasteiger partial charge in [-0.1, -0.05) is 29.3 Å². The normalized spacial score (nSPS) is 13.6. The summed E-state index contributed by atoms with van der Waals surface area (Å²) < 4.78 is 13.0. The van der Waals surface area contributed by atoms with Crippen LogP contribution in [0.15, 0.2) is 36.4 Å². The van der Waals surface area contributed by atoms with E-state index in [1.165, 1.54) is 0 Å². The van der Waals surface area contributed by atoms with Crippen LogP contribution in [0, 0.1) is 11.3 Å². The summed E-state index contributed by atoms with van der Waals surface area (Å²) in [6.45, 7) is 0.909. The highest BCUT2D eigenvalue weighted by Crippen LogP contribution is 2.41. The zero-order chi connectivity index (χ0) is 19.4. The highest BCUT2D eigenvalue weighted by molar-refractivity contribution is 6.42. The number of benzene rings is 2. The summed E-state index contributed by atoms with van der Waals surface area (Å²) in [4.78, 5) is 0. The lowest BCUT2D eigenvalue weighted by atomic mass is 9.92. The van der Waals surface area contributed by atoms with Gasteiger partial charge in [0.1, 0.15) is 17.3 Å². The van der Waals surface area contributed by atoms with Crippen molar-refractivity contribution in [1.29, 1.82) is 5.26 Å². The van der Waals surface area contributed by atoms with Crippen molar-refractivity contribution in [2.75, 3.05) is 12.5 Å². The lowest BCUT2D eigenvalue weighted by Crippen LogP contribution is -2.43. The van der Waals surface area contributed by atoms with Gasteiger partial charge in [-0.15, -0.1) is 0 Å². The Kier molecular flexibility index (Phi) is 3.87. The van der Waals surface area contributed by atoms with Crippen LogP contribution in [0.4, 0.5) is 5.82 Å². The Balaban J connectivity index is 1.78. The summed E-state index contributed by atoms with van der Waals surface area (Å²) in [5.41, 5.74) is 11.5. The number of nitrogen functional groups attached to an aromatic ring is 1. The maximum Gasteiger partial charge on any atom is 0.291 e. The third-order valence-corrected chi connectivity index (χ3v) is 5.95.